The number of para-hydroxylation sites is 1. The van der Waals surface area contributed by atoms with Gasteiger partial charge in [0.25, 0.3) is 0 Å². The average molecular weight is 441 g/mol. The smallest absolute Gasteiger partial charge is 0.174 e. The molecule has 6 heteroatoms. The second kappa shape index (κ2) is 8.48. The molecule has 1 aliphatic heterocycles. The van der Waals surface area contributed by atoms with Crippen molar-refractivity contribution < 1.29 is 4.74 Å². The van der Waals surface area contributed by atoms with Crippen LogP contribution in [-0.2, 0) is 7.05 Å². The molecule has 5 rings (SSSR count). The molecule has 0 aliphatic carbocycles. The summed E-state index contributed by atoms with van der Waals surface area (Å²) in [6.07, 6.45) is 6.02. The molecule has 0 unspecified atom stereocenters. The van der Waals surface area contributed by atoms with Gasteiger partial charge in [-0.1, -0.05) is 24.3 Å². The van der Waals surface area contributed by atoms with Crippen molar-refractivity contribution in [1.29, 1.82) is 0 Å². The Morgan fingerprint density at radius 3 is 2.44 bits per heavy atom. The zero-order valence-corrected chi connectivity index (χ0v) is 18.8. The lowest BCUT2D eigenvalue weighted by molar-refractivity contribution is 0.479. The molecule has 0 radical (unpaired) electrons. The third-order valence-electron chi connectivity index (χ3n) is 5.73. The Balaban J connectivity index is 1.48. The van der Waals surface area contributed by atoms with Crippen LogP contribution < -0.4 is 15.0 Å². The number of ether oxygens (including phenoxy) is 1. The van der Waals surface area contributed by atoms with E-state index < -0.39 is 0 Å². The van der Waals surface area contributed by atoms with Crippen LogP contribution in [0, 0.1) is 6.92 Å². The molecule has 0 spiro atoms. The molecule has 2 aromatic heterocycles. The average Bonchev–Trinajstić information content (AvgIpc) is 3.39. The molecule has 160 valence electrons. The van der Waals surface area contributed by atoms with Crippen LogP contribution in [0.2, 0.25) is 0 Å². The van der Waals surface area contributed by atoms with Crippen molar-refractivity contribution in [2.24, 2.45) is 7.05 Å². The number of rotatable bonds is 5. The number of aryl methyl sites for hydroxylation is 2. The van der Waals surface area contributed by atoms with Crippen molar-refractivity contribution in [3.8, 4) is 11.5 Å². The Morgan fingerprint density at radius 2 is 1.75 bits per heavy atom. The first-order chi connectivity index (χ1) is 15.6. The van der Waals surface area contributed by atoms with Crippen molar-refractivity contribution in [3.05, 3.63) is 108 Å². The molecule has 0 saturated carbocycles. The predicted molar refractivity (Wildman–Crippen MR) is 131 cm³/mol. The topological polar surface area (TPSA) is 42.3 Å². The largest absolute Gasteiger partial charge is 0.457 e. The maximum absolute atomic E-state index is 6.08. The van der Waals surface area contributed by atoms with Gasteiger partial charge in [-0.15, -0.1) is 0 Å². The van der Waals surface area contributed by atoms with Gasteiger partial charge in [-0.3, -0.25) is 4.98 Å². The van der Waals surface area contributed by atoms with Crippen molar-refractivity contribution >= 4 is 23.0 Å². The van der Waals surface area contributed by atoms with Crippen LogP contribution in [0.4, 0.5) is 5.69 Å². The lowest BCUT2D eigenvalue weighted by Crippen LogP contribution is -2.29. The molecule has 2 atom stereocenters. The summed E-state index contributed by atoms with van der Waals surface area (Å²) in [7, 11) is 2.03. The molecule has 1 aliphatic rings. The highest BCUT2D eigenvalue weighted by atomic mass is 32.1. The lowest BCUT2D eigenvalue weighted by atomic mass is 9.98. The number of anilines is 1. The fraction of sp³-hybridized carbons (Fsp3) is 0.154. The monoisotopic (exact) mass is 440 g/mol. The maximum Gasteiger partial charge on any atom is 0.174 e. The highest BCUT2D eigenvalue weighted by molar-refractivity contribution is 7.80. The van der Waals surface area contributed by atoms with E-state index in [0.717, 1.165) is 28.4 Å². The fourth-order valence-corrected chi connectivity index (χ4v) is 4.49. The molecule has 0 bridgehead atoms. The zero-order valence-electron chi connectivity index (χ0n) is 18.0. The molecule has 1 N–H and O–H groups in total. The first-order valence-electron chi connectivity index (χ1n) is 10.6. The number of hydrogen-bond donors (Lipinski definition) is 1. The molecule has 1 fully saturated rings. The highest BCUT2D eigenvalue weighted by Crippen LogP contribution is 2.42. The van der Waals surface area contributed by atoms with Crippen molar-refractivity contribution in [2.75, 3.05) is 4.90 Å². The van der Waals surface area contributed by atoms with E-state index in [1.807, 2.05) is 74.8 Å². The Kier molecular flexibility index (Phi) is 5.37. The van der Waals surface area contributed by atoms with E-state index >= 15 is 0 Å². The molecular formula is C26H24N4OS. The first kappa shape index (κ1) is 20.3. The van der Waals surface area contributed by atoms with Gasteiger partial charge in [-0.25, -0.2) is 0 Å². The van der Waals surface area contributed by atoms with Crippen molar-refractivity contribution in [2.45, 2.75) is 19.0 Å². The van der Waals surface area contributed by atoms with Crippen LogP contribution >= 0.6 is 12.2 Å². The molecular weight excluding hydrogens is 416 g/mol. The van der Waals surface area contributed by atoms with Gasteiger partial charge in [0.15, 0.2) is 5.11 Å². The van der Waals surface area contributed by atoms with E-state index in [0.29, 0.717) is 5.11 Å². The summed E-state index contributed by atoms with van der Waals surface area (Å²) in [5.74, 6) is 1.65. The number of nitrogens with zero attached hydrogens (tertiary/aromatic N) is 3. The van der Waals surface area contributed by atoms with Gasteiger partial charge in [-0.2, -0.15) is 0 Å². The van der Waals surface area contributed by atoms with Crippen molar-refractivity contribution in [3.63, 3.8) is 0 Å². The summed E-state index contributed by atoms with van der Waals surface area (Å²) in [6.45, 7) is 2.04. The fourth-order valence-electron chi connectivity index (χ4n) is 4.14. The standard InChI is InChI=1S/C26H24N4OS/c1-18-7-3-4-9-23(18)31-21-12-10-20(11-13-21)30-25(19-14-16-29(2)17-19)24(28-26(30)32)22-8-5-6-15-27-22/h3-17,24-25H,1-2H3,(H,28,32)/t24-,25-/m1/s1. The third kappa shape index (κ3) is 3.85. The number of aromatic nitrogens is 2. The van der Waals surface area contributed by atoms with Crippen LogP contribution in [0.1, 0.15) is 28.9 Å². The van der Waals surface area contributed by atoms with Gasteiger partial charge < -0.3 is 19.5 Å². The number of nitrogens with one attached hydrogen (secondary N) is 1. The summed E-state index contributed by atoms with van der Waals surface area (Å²) < 4.78 is 8.14. The first-order valence-corrected chi connectivity index (χ1v) is 11.0. The second-order valence-electron chi connectivity index (χ2n) is 7.97. The maximum atomic E-state index is 6.08. The number of pyridine rings is 1. The Morgan fingerprint density at radius 1 is 0.969 bits per heavy atom. The normalized spacial score (nSPS) is 17.9. The van der Waals surface area contributed by atoms with Gasteiger partial charge in [0, 0.05) is 31.3 Å². The minimum Gasteiger partial charge on any atom is -0.457 e. The molecule has 32 heavy (non-hydrogen) atoms. The molecule has 2 aromatic carbocycles. The molecule has 1 saturated heterocycles. The van der Waals surface area contributed by atoms with Gasteiger partial charge in [0.1, 0.15) is 11.5 Å². The van der Waals surface area contributed by atoms with Crippen LogP contribution in [0.3, 0.4) is 0 Å². The highest BCUT2D eigenvalue weighted by Gasteiger charge is 2.40. The SMILES string of the molecule is Cc1ccccc1Oc1ccc(N2C(=S)N[C@H](c3ccccn3)[C@H]2c2ccn(C)c2)cc1. The van der Waals surface area contributed by atoms with Gasteiger partial charge in [-0.05, 0) is 78.8 Å². The van der Waals surface area contributed by atoms with Crippen LogP contribution in [0.25, 0.3) is 0 Å². The summed E-state index contributed by atoms with van der Waals surface area (Å²) in [4.78, 5) is 6.77. The van der Waals surface area contributed by atoms with Gasteiger partial charge >= 0.3 is 0 Å². The number of thiocarbonyl (C=S) groups is 1. The van der Waals surface area contributed by atoms with Gasteiger partial charge in [0.2, 0.25) is 0 Å². The minimum absolute atomic E-state index is 0.0123. The summed E-state index contributed by atoms with van der Waals surface area (Å²) in [6, 6.07) is 24.1. The second-order valence-corrected chi connectivity index (χ2v) is 8.36. The third-order valence-corrected chi connectivity index (χ3v) is 6.05. The van der Waals surface area contributed by atoms with E-state index in [1.165, 1.54) is 5.56 Å². The van der Waals surface area contributed by atoms with E-state index in [4.69, 9.17) is 17.0 Å². The van der Waals surface area contributed by atoms with Gasteiger partial charge in [0.05, 0.1) is 17.8 Å². The number of hydrogen-bond acceptors (Lipinski definition) is 3. The summed E-state index contributed by atoms with van der Waals surface area (Å²) in [5.41, 5.74) is 4.25. The molecule has 3 heterocycles. The molecule has 0 amide bonds. The summed E-state index contributed by atoms with van der Waals surface area (Å²) >= 11 is 5.79. The quantitative estimate of drug-likeness (QED) is 0.403. The van der Waals surface area contributed by atoms with E-state index in [1.54, 1.807) is 0 Å². The Hall–Kier alpha value is -3.64. The van der Waals surface area contributed by atoms with Crippen LogP contribution in [-0.4, -0.2) is 14.7 Å². The van der Waals surface area contributed by atoms with Crippen molar-refractivity contribution in [1.82, 2.24) is 14.9 Å². The Labute approximate surface area is 193 Å². The molecule has 4 aromatic rings. The van der Waals surface area contributed by atoms with E-state index in [2.05, 4.69) is 50.4 Å². The van der Waals surface area contributed by atoms with Crippen LogP contribution in [0.15, 0.2) is 91.4 Å². The lowest BCUT2D eigenvalue weighted by Gasteiger charge is -2.27. The number of benzene rings is 2. The summed E-state index contributed by atoms with van der Waals surface area (Å²) in [5, 5.41) is 4.18. The zero-order chi connectivity index (χ0) is 22.1. The minimum atomic E-state index is -0.0472. The van der Waals surface area contributed by atoms with E-state index in [9.17, 15) is 0 Å². The molecule has 5 nitrogen and oxygen atoms in total. The Bertz CT molecular complexity index is 1240. The predicted octanol–water partition coefficient (Wildman–Crippen LogP) is 5.70. The van der Waals surface area contributed by atoms with E-state index in [-0.39, 0.29) is 12.1 Å². The van der Waals surface area contributed by atoms with Crippen LogP contribution in [0.5, 0.6) is 11.5 Å².